The van der Waals surface area contributed by atoms with Gasteiger partial charge in [-0.25, -0.2) is 4.99 Å². The molecule has 3 N–H and O–H groups in total. The third-order valence-corrected chi connectivity index (χ3v) is 2.15. The highest BCUT2D eigenvalue weighted by atomic mass is 19.4. The van der Waals surface area contributed by atoms with Gasteiger partial charge in [0, 0.05) is 6.54 Å². The van der Waals surface area contributed by atoms with E-state index in [1.165, 1.54) is 24.3 Å². The van der Waals surface area contributed by atoms with E-state index in [-0.39, 0.29) is 5.75 Å². The molecule has 19 heavy (non-hydrogen) atoms. The molecular weight excluding hydrogens is 259 g/mol. The van der Waals surface area contributed by atoms with Gasteiger partial charge in [-0.3, -0.25) is 0 Å². The fourth-order valence-corrected chi connectivity index (χ4v) is 1.28. The van der Waals surface area contributed by atoms with Crippen molar-refractivity contribution < 1.29 is 17.9 Å². The van der Waals surface area contributed by atoms with E-state index in [4.69, 9.17) is 5.73 Å². The minimum Gasteiger partial charge on any atom is -0.406 e. The van der Waals surface area contributed by atoms with E-state index in [1.54, 1.807) is 0 Å². The largest absolute Gasteiger partial charge is 0.573 e. The summed E-state index contributed by atoms with van der Waals surface area (Å²) in [6, 6.07) is 5.51. The van der Waals surface area contributed by atoms with E-state index >= 15 is 0 Å². The lowest BCUT2D eigenvalue weighted by Crippen LogP contribution is -2.32. The number of hydrogen-bond donors (Lipinski definition) is 2. The number of nitrogens with one attached hydrogen (secondary N) is 1. The molecule has 0 spiro atoms. The number of rotatable bonds is 5. The van der Waals surface area contributed by atoms with Crippen molar-refractivity contribution in [3.05, 3.63) is 29.8 Å². The number of hydrogen-bond acceptors (Lipinski definition) is 2. The second-order valence-electron chi connectivity index (χ2n) is 3.82. The van der Waals surface area contributed by atoms with Gasteiger partial charge in [-0.05, 0) is 24.1 Å². The van der Waals surface area contributed by atoms with Crippen LogP contribution in [-0.4, -0.2) is 18.9 Å². The van der Waals surface area contributed by atoms with Crippen LogP contribution < -0.4 is 15.8 Å². The number of aliphatic imine (C=N–C) groups is 1. The molecule has 0 atom stereocenters. The van der Waals surface area contributed by atoms with Gasteiger partial charge >= 0.3 is 6.36 Å². The lowest BCUT2D eigenvalue weighted by molar-refractivity contribution is -0.274. The Morgan fingerprint density at radius 2 is 1.95 bits per heavy atom. The van der Waals surface area contributed by atoms with E-state index in [1.807, 2.05) is 6.92 Å². The highest BCUT2D eigenvalue weighted by Gasteiger charge is 2.30. The fourth-order valence-electron chi connectivity index (χ4n) is 1.28. The SMILES string of the molecule is CCCNC(N)=NCc1ccc(OC(F)(F)F)cc1. The van der Waals surface area contributed by atoms with E-state index in [0.717, 1.165) is 18.5 Å². The van der Waals surface area contributed by atoms with Crippen molar-refractivity contribution in [2.75, 3.05) is 6.54 Å². The Hall–Kier alpha value is -1.92. The summed E-state index contributed by atoms with van der Waals surface area (Å²) in [4.78, 5) is 4.06. The van der Waals surface area contributed by atoms with Crippen LogP contribution in [0.1, 0.15) is 18.9 Å². The number of guanidine groups is 1. The molecular formula is C12H16F3N3O. The Morgan fingerprint density at radius 1 is 1.32 bits per heavy atom. The molecule has 0 unspecified atom stereocenters. The number of nitrogens with zero attached hydrogens (tertiary/aromatic N) is 1. The molecule has 7 heteroatoms. The number of benzene rings is 1. The first-order chi connectivity index (χ1) is 8.90. The van der Waals surface area contributed by atoms with Gasteiger partial charge in [0.1, 0.15) is 5.75 Å². The number of alkyl halides is 3. The van der Waals surface area contributed by atoms with Gasteiger partial charge in [-0.15, -0.1) is 13.2 Å². The van der Waals surface area contributed by atoms with Crippen molar-refractivity contribution in [2.45, 2.75) is 26.3 Å². The average Bonchev–Trinajstić information content (AvgIpc) is 2.33. The number of ether oxygens (including phenoxy) is 1. The smallest absolute Gasteiger partial charge is 0.406 e. The quantitative estimate of drug-likeness (QED) is 0.641. The van der Waals surface area contributed by atoms with Crippen molar-refractivity contribution in [3.63, 3.8) is 0 Å². The third kappa shape index (κ3) is 6.54. The topological polar surface area (TPSA) is 59.6 Å². The molecule has 0 heterocycles. The Bertz CT molecular complexity index is 415. The molecule has 0 aliphatic carbocycles. The predicted octanol–water partition coefficient (Wildman–Crippen LogP) is 2.40. The zero-order chi connectivity index (χ0) is 14.3. The fraction of sp³-hybridized carbons (Fsp3) is 0.417. The van der Waals surface area contributed by atoms with Gasteiger partial charge < -0.3 is 15.8 Å². The van der Waals surface area contributed by atoms with E-state index in [2.05, 4.69) is 15.0 Å². The minimum atomic E-state index is -4.67. The second-order valence-corrected chi connectivity index (χ2v) is 3.82. The summed E-state index contributed by atoms with van der Waals surface area (Å²) in [7, 11) is 0. The first-order valence-corrected chi connectivity index (χ1v) is 5.79. The van der Waals surface area contributed by atoms with Crippen LogP contribution in [0, 0.1) is 0 Å². The molecule has 0 saturated heterocycles. The van der Waals surface area contributed by atoms with Gasteiger partial charge in [0.25, 0.3) is 0 Å². The van der Waals surface area contributed by atoms with Gasteiger partial charge in [-0.2, -0.15) is 0 Å². The summed E-state index contributed by atoms with van der Waals surface area (Å²) in [5.41, 5.74) is 6.33. The monoisotopic (exact) mass is 275 g/mol. The molecule has 1 rings (SSSR count). The van der Waals surface area contributed by atoms with E-state index in [0.29, 0.717) is 12.5 Å². The lowest BCUT2D eigenvalue weighted by atomic mass is 10.2. The Morgan fingerprint density at radius 3 is 2.47 bits per heavy atom. The molecule has 0 amide bonds. The molecule has 0 radical (unpaired) electrons. The standard InChI is InChI=1S/C12H16F3N3O/c1-2-7-17-11(16)18-8-9-3-5-10(6-4-9)19-12(13,14)15/h3-6H,2,7-8H2,1H3,(H3,16,17,18). The molecule has 0 fully saturated rings. The van der Waals surface area contributed by atoms with E-state index < -0.39 is 6.36 Å². The van der Waals surface area contributed by atoms with Crippen LogP contribution in [0.5, 0.6) is 5.75 Å². The van der Waals surface area contributed by atoms with Crippen molar-refractivity contribution in [1.82, 2.24) is 5.32 Å². The molecule has 0 aliphatic rings. The average molecular weight is 275 g/mol. The maximum absolute atomic E-state index is 11.9. The zero-order valence-electron chi connectivity index (χ0n) is 10.5. The molecule has 1 aromatic carbocycles. The zero-order valence-corrected chi connectivity index (χ0v) is 10.5. The van der Waals surface area contributed by atoms with Crippen LogP contribution in [0.25, 0.3) is 0 Å². The van der Waals surface area contributed by atoms with Gasteiger partial charge in [0.2, 0.25) is 0 Å². The predicted molar refractivity (Wildman–Crippen MR) is 66.7 cm³/mol. The Balaban J connectivity index is 2.53. The van der Waals surface area contributed by atoms with Crippen molar-refractivity contribution in [1.29, 1.82) is 0 Å². The summed E-state index contributed by atoms with van der Waals surface area (Å²) < 4.78 is 39.6. The molecule has 106 valence electrons. The van der Waals surface area contributed by atoms with Crippen molar-refractivity contribution in [2.24, 2.45) is 10.7 Å². The molecule has 0 aromatic heterocycles. The Kier molecular flexibility index (Phi) is 5.47. The molecule has 4 nitrogen and oxygen atoms in total. The first kappa shape index (κ1) is 15.1. The van der Waals surface area contributed by atoms with Crippen molar-refractivity contribution in [3.8, 4) is 5.75 Å². The normalized spacial score (nSPS) is 12.3. The summed E-state index contributed by atoms with van der Waals surface area (Å²) >= 11 is 0. The number of nitrogens with two attached hydrogens (primary N) is 1. The molecule has 1 aromatic rings. The maximum atomic E-state index is 11.9. The van der Waals surface area contributed by atoms with Crippen LogP contribution in [0.15, 0.2) is 29.3 Å². The van der Waals surface area contributed by atoms with Gasteiger partial charge in [0.05, 0.1) is 6.54 Å². The molecule has 0 saturated carbocycles. The van der Waals surface area contributed by atoms with Crippen LogP contribution in [0.2, 0.25) is 0 Å². The molecule has 0 bridgehead atoms. The van der Waals surface area contributed by atoms with E-state index in [9.17, 15) is 13.2 Å². The van der Waals surface area contributed by atoms with Crippen LogP contribution in [-0.2, 0) is 6.54 Å². The summed E-state index contributed by atoms with van der Waals surface area (Å²) in [6.45, 7) is 3.03. The molecule has 0 aliphatic heterocycles. The van der Waals surface area contributed by atoms with Gasteiger partial charge in [0.15, 0.2) is 5.96 Å². The summed E-state index contributed by atoms with van der Waals surface area (Å²) in [5, 5.41) is 2.90. The van der Waals surface area contributed by atoms with Crippen LogP contribution in [0.3, 0.4) is 0 Å². The Labute approximate surface area is 109 Å². The second kappa shape index (κ2) is 6.86. The third-order valence-electron chi connectivity index (χ3n) is 2.15. The summed E-state index contributed by atoms with van der Waals surface area (Å²) in [6.07, 6.45) is -3.74. The highest BCUT2D eigenvalue weighted by molar-refractivity contribution is 5.77. The highest BCUT2D eigenvalue weighted by Crippen LogP contribution is 2.22. The minimum absolute atomic E-state index is 0.252. The first-order valence-electron chi connectivity index (χ1n) is 5.79. The van der Waals surface area contributed by atoms with Crippen LogP contribution >= 0.6 is 0 Å². The van der Waals surface area contributed by atoms with Crippen LogP contribution in [0.4, 0.5) is 13.2 Å². The van der Waals surface area contributed by atoms with Crippen molar-refractivity contribution >= 4 is 5.96 Å². The van der Waals surface area contributed by atoms with Gasteiger partial charge in [-0.1, -0.05) is 19.1 Å². The lowest BCUT2D eigenvalue weighted by Gasteiger charge is -2.09. The maximum Gasteiger partial charge on any atom is 0.573 e. The number of halogens is 3. The summed E-state index contributed by atoms with van der Waals surface area (Å²) in [5.74, 6) is 0.0646.